The number of amides is 1. The summed E-state index contributed by atoms with van der Waals surface area (Å²) >= 11 is 0. The first-order valence-electron chi connectivity index (χ1n) is 9.60. The van der Waals surface area contributed by atoms with Crippen LogP contribution in [0, 0.1) is 13.8 Å². The molecule has 2 aromatic carbocycles. The molecule has 0 unspecified atom stereocenters. The smallest absolute Gasteiger partial charge is 0.275 e. The van der Waals surface area contributed by atoms with Crippen molar-refractivity contribution < 1.29 is 4.79 Å². The maximum Gasteiger partial charge on any atom is 0.275 e. The van der Waals surface area contributed by atoms with Crippen molar-refractivity contribution in [3.8, 4) is 0 Å². The van der Waals surface area contributed by atoms with Crippen molar-refractivity contribution in [1.29, 1.82) is 0 Å². The van der Waals surface area contributed by atoms with E-state index in [9.17, 15) is 9.59 Å². The fourth-order valence-corrected chi connectivity index (χ4v) is 3.55. The number of nitrogens with zero attached hydrogens (tertiary/aromatic N) is 2. The summed E-state index contributed by atoms with van der Waals surface area (Å²) in [4.78, 5) is 25.6. The van der Waals surface area contributed by atoms with E-state index in [1.54, 1.807) is 6.20 Å². The maximum absolute atomic E-state index is 13.1. The van der Waals surface area contributed by atoms with Gasteiger partial charge in [-0.25, -0.2) is 0 Å². The molecule has 0 saturated carbocycles. The molecule has 29 heavy (non-hydrogen) atoms. The van der Waals surface area contributed by atoms with Gasteiger partial charge in [0.05, 0.1) is 0 Å². The number of fused-ring (bicyclic) bond motifs is 1. The molecule has 2 aromatic heterocycles. The molecule has 0 aliphatic carbocycles. The first-order valence-corrected chi connectivity index (χ1v) is 9.60. The highest BCUT2D eigenvalue weighted by atomic mass is 16.2. The Hall–Kier alpha value is -3.60. The lowest BCUT2D eigenvalue weighted by atomic mass is 10.1. The Labute approximate surface area is 169 Å². The summed E-state index contributed by atoms with van der Waals surface area (Å²) in [7, 11) is 0. The average molecular weight is 385 g/mol. The summed E-state index contributed by atoms with van der Waals surface area (Å²) in [6.45, 7) is 4.62. The van der Waals surface area contributed by atoms with Gasteiger partial charge in [-0.15, -0.1) is 0 Å². The molecule has 0 aliphatic rings. The van der Waals surface area contributed by atoms with Crippen LogP contribution in [0.3, 0.4) is 0 Å². The quantitative estimate of drug-likeness (QED) is 0.562. The minimum absolute atomic E-state index is 0.0295. The molecule has 1 amide bonds. The highest BCUT2D eigenvalue weighted by Crippen LogP contribution is 2.16. The molecule has 0 fully saturated rings. The third-order valence-electron chi connectivity index (χ3n) is 5.11. The number of benzene rings is 2. The monoisotopic (exact) mass is 385 g/mol. The fraction of sp³-hybridized carbons (Fsp3) is 0.167. The summed E-state index contributed by atoms with van der Waals surface area (Å²) in [6, 6.07) is 19.6. The number of carbonyl (C=O) groups is 1. The minimum atomic E-state index is -0.228. The van der Waals surface area contributed by atoms with Crippen LogP contribution in [0.25, 0.3) is 10.9 Å². The molecule has 0 bridgehead atoms. The predicted molar refractivity (Wildman–Crippen MR) is 116 cm³/mol. The third kappa shape index (κ3) is 3.99. The van der Waals surface area contributed by atoms with E-state index in [4.69, 9.17) is 0 Å². The molecular weight excluding hydrogens is 362 g/mol. The van der Waals surface area contributed by atoms with Gasteiger partial charge >= 0.3 is 0 Å². The summed E-state index contributed by atoms with van der Waals surface area (Å²) < 4.78 is 3.41. The highest BCUT2D eigenvalue weighted by molar-refractivity contribution is 5.91. The van der Waals surface area contributed by atoms with Crippen molar-refractivity contribution in [2.45, 2.75) is 26.9 Å². The summed E-state index contributed by atoms with van der Waals surface area (Å²) in [5.41, 5.74) is 4.59. The number of hydrogen-bond acceptors (Lipinski definition) is 2. The number of aryl methyl sites for hydroxylation is 2. The second-order valence-electron chi connectivity index (χ2n) is 7.34. The Morgan fingerprint density at radius 3 is 2.45 bits per heavy atom. The van der Waals surface area contributed by atoms with Gasteiger partial charge in [0.25, 0.3) is 5.56 Å². The number of anilines is 1. The van der Waals surface area contributed by atoms with Gasteiger partial charge < -0.3 is 14.5 Å². The summed E-state index contributed by atoms with van der Waals surface area (Å²) in [6.07, 6.45) is 3.61. The molecule has 0 spiro atoms. The second kappa shape index (κ2) is 7.80. The minimum Gasteiger partial charge on any atom is -0.339 e. The van der Waals surface area contributed by atoms with Crippen LogP contribution < -0.4 is 10.9 Å². The van der Waals surface area contributed by atoms with Crippen molar-refractivity contribution in [3.05, 3.63) is 100 Å². The zero-order valence-corrected chi connectivity index (χ0v) is 16.6. The standard InChI is InChI=1S/C24H23N3O2/c1-17-6-5-9-21(14-17)25-22(28)16-27-13-11-19-10-12-26(23(19)24(27)29)15-20-8-4-3-7-18(20)2/h3-14H,15-16H2,1-2H3,(H,25,28). The highest BCUT2D eigenvalue weighted by Gasteiger charge is 2.12. The van der Waals surface area contributed by atoms with Crippen molar-refractivity contribution in [3.63, 3.8) is 0 Å². The van der Waals surface area contributed by atoms with E-state index in [1.165, 1.54) is 10.1 Å². The van der Waals surface area contributed by atoms with E-state index in [1.807, 2.05) is 66.2 Å². The second-order valence-corrected chi connectivity index (χ2v) is 7.34. The molecule has 1 N–H and O–H groups in total. The summed E-state index contributed by atoms with van der Waals surface area (Å²) in [5.74, 6) is -0.228. The lowest BCUT2D eigenvalue weighted by Gasteiger charge is -2.11. The molecule has 5 nitrogen and oxygen atoms in total. The van der Waals surface area contributed by atoms with Crippen LogP contribution in [0.15, 0.2) is 77.9 Å². The van der Waals surface area contributed by atoms with Crippen molar-refractivity contribution in [2.24, 2.45) is 0 Å². The van der Waals surface area contributed by atoms with Crippen LogP contribution in [-0.2, 0) is 17.9 Å². The maximum atomic E-state index is 13.1. The van der Waals surface area contributed by atoms with Crippen LogP contribution >= 0.6 is 0 Å². The topological polar surface area (TPSA) is 56.0 Å². The normalized spacial score (nSPS) is 11.0. The van der Waals surface area contributed by atoms with E-state index in [2.05, 4.69) is 24.4 Å². The zero-order chi connectivity index (χ0) is 20.4. The zero-order valence-electron chi connectivity index (χ0n) is 16.6. The third-order valence-corrected chi connectivity index (χ3v) is 5.11. The molecule has 4 rings (SSSR count). The fourth-order valence-electron chi connectivity index (χ4n) is 3.55. The van der Waals surface area contributed by atoms with Crippen LogP contribution in [-0.4, -0.2) is 15.0 Å². The Bertz CT molecular complexity index is 1250. The largest absolute Gasteiger partial charge is 0.339 e. The van der Waals surface area contributed by atoms with Crippen molar-refractivity contribution >= 4 is 22.5 Å². The Kier molecular flexibility index (Phi) is 5.04. The van der Waals surface area contributed by atoms with E-state index in [-0.39, 0.29) is 18.0 Å². The van der Waals surface area contributed by atoms with E-state index in [0.29, 0.717) is 12.1 Å². The van der Waals surface area contributed by atoms with Crippen LogP contribution in [0.1, 0.15) is 16.7 Å². The molecule has 0 radical (unpaired) electrons. The number of aromatic nitrogens is 2. The molecule has 5 heteroatoms. The Balaban J connectivity index is 1.61. The lowest BCUT2D eigenvalue weighted by molar-refractivity contribution is -0.116. The van der Waals surface area contributed by atoms with Crippen molar-refractivity contribution in [2.75, 3.05) is 5.32 Å². The lowest BCUT2D eigenvalue weighted by Crippen LogP contribution is -2.28. The van der Waals surface area contributed by atoms with E-state index < -0.39 is 0 Å². The van der Waals surface area contributed by atoms with Gasteiger partial charge in [-0.3, -0.25) is 9.59 Å². The number of carbonyl (C=O) groups excluding carboxylic acids is 1. The molecule has 0 atom stereocenters. The Morgan fingerprint density at radius 2 is 1.69 bits per heavy atom. The molecular formula is C24H23N3O2. The van der Waals surface area contributed by atoms with Gasteiger partial charge in [0.15, 0.2) is 0 Å². The first-order chi connectivity index (χ1) is 14.0. The van der Waals surface area contributed by atoms with Gasteiger partial charge in [-0.2, -0.15) is 0 Å². The number of pyridine rings is 1. The van der Waals surface area contributed by atoms with Gasteiger partial charge in [-0.1, -0.05) is 36.4 Å². The molecule has 4 aromatic rings. The number of hydrogen-bond donors (Lipinski definition) is 1. The van der Waals surface area contributed by atoms with E-state index >= 15 is 0 Å². The number of rotatable bonds is 5. The first kappa shape index (κ1) is 18.7. The van der Waals surface area contributed by atoms with Crippen molar-refractivity contribution in [1.82, 2.24) is 9.13 Å². The van der Waals surface area contributed by atoms with Gasteiger partial charge in [0.1, 0.15) is 12.1 Å². The van der Waals surface area contributed by atoms with Crippen LogP contribution in [0.2, 0.25) is 0 Å². The summed E-state index contributed by atoms with van der Waals surface area (Å²) in [5, 5.41) is 3.73. The van der Waals surface area contributed by atoms with E-state index in [0.717, 1.165) is 22.2 Å². The molecule has 2 heterocycles. The van der Waals surface area contributed by atoms with Gasteiger partial charge in [0.2, 0.25) is 5.91 Å². The Morgan fingerprint density at radius 1 is 0.931 bits per heavy atom. The molecule has 0 aliphatic heterocycles. The number of nitrogens with one attached hydrogen (secondary N) is 1. The van der Waals surface area contributed by atoms with Gasteiger partial charge in [-0.05, 0) is 54.8 Å². The van der Waals surface area contributed by atoms with Gasteiger partial charge in [0, 0.05) is 30.0 Å². The SMILES string of the molecule is Cc1cccc(NC(=O)Cn2ccc3ccn(Cc4ccccc4C)c3c2=O)c1. The predicted octanol–water partition coefficient (Wildman–Crippen LogP) is 4.11. The molecule has 0 saturated heterocycles. The van der Waals surface area contributed by atoms with Crippen LogP contribution in [0.4, 0.5) is 5.69 Å². The van der Waals surface area contributed by atoms with Crippen LogP contribution in [0.5, 0.6) is 0 Å². The molecule has 146 valence electrons. The average Bonchev–Trinajstić information content (AvgIpc) is 3.09.